The van der Waals surface area contributed by atoms with E-state index in [0.29, 0.717) is 38.3 Å². The highest BCUT2D eigenvalue weighted by atomic mass is 19.4. The van der Waals surface area contributed by atoms with E-state index in [1.165, 1.54) is 36.1 Å². The first-order valence-electron chi connectivity index (χ1n) is 7.24. The van der Waals surface area contributed by atoms with Crippen molar-refractivity contribution in [2.45, 2.75) is 25.2 Å². The maximum Gasteiger partial charge on any atom is 0.403 e. The molecule has 0 aliphatic carbocycles. The number of piperazine rings is 1. The Bertz CT molecular complexity index is 469. The average molecular weight is 320 g/mol. The van der Waals surface area contributed by atoms with Crippen molar-refractivity contribution in [3.63, 3.8) is 0 Å². The predicted octanol–water partition coefficient (Wildman–Crippen LogP) is 2.43. The molecule has 124 valence electrons. The van der Waals surface area contributed by atoms with Crippen LogP contribution in [0.5, 0.6) is 0 Å². The molecule has 2 rings (SSSR count). The maximum atomic E-state index is 12.8. The lowest BCUT2D eigenvalue weighted by Gasteiger charge is -2.39. The summed E-state index contributed by atoms with van der Waals surface area (Å²) in [7, 11) is 0. The Morgan fingerprint density at radius 1 is 1.09 bits per heavy atom. The molecule has 1 heterocycles. The second kappa shape index (κ2) is 6.93. The zero-order valence-corrected chi connectivity index (χ0v) is 12.4. The smallest absolute Gasteiger partial charge is 0.387 e. The van der Waals surface area contributed by atoms with Crippen molar-refractivity contribution in [3.05, 3.63) is 35.6 Å². The minimum atomic E-state index is -4.21. The number of benzene rings is 1. The van der Waals surface area contributed by atoms with Crippen LogP contribution < -0.4 is 0 Å². The van der Waals surface area contributed by atoms with Crippen molar-refractivity contribution < 1.29 is 22.7 Å². The van der Waals surface area contributed by atoms with E-state index in [0.717, 1.165) is 0 Å². The van der Waals surface area contributed by atoms with E-state index < -0.39 is 18.3 Å². The summed E-state index contributed by atoms with van der Waals surface area (Å²) >= 11 is 0. The fourth-order valence-electron chi connectivity index (χ4n) is 2.58. The quantitative estimate of drug-likeness (QED) is 0.863. The highest BCUT2D eigenvalue weighted by Crippen LogP contribution is 2.25. The van der Waals surface area contributed by atoms with Gasteiger partial charge < -0.3 is 5.11 Å². The average Bonchev–Trinajstić information content (AvgIpc) is 2.47. The molecule has 1 N–H and O–H groups in total. The third-order valence-electron chi connectivity index (χ3n) is 4.11. The van der Waals surface area contributed by atoms with E-state index in [9.17, 15) is 22.7 Å². The molecule has 7 heteroatoms. The van der Waals surface area contributed by atoms with E-state index in [1.54, 1.807) is 0 Å². The Balaban J connectivity index is 1.83. The minimum absolute atomic E-state index is 0.316. The van der Waals surface area contributed by atoms with Gasteiger partial charge in [0.05, 0.1) is 6.10 Å². The fraction of sp³-hybridized carbons (Fsp3) is 0.600. The van der Waals surface area contributed by atoms with Gasteiger partial charge in [0.15, 0.2) is 0 Å². The molecule has 1 saturated heterocycles. The lowest BCUT2D eigenvalue weighted by molar-refractivity contribution is -0.182. The molecule has 1 aromatic rings. The molecule has 1 aromatic carbocycles. The standard InChI is InChI=1S/C15H20F4N2O/c1-11(15(17,18)19)21-8-6-20(7-9-21)10-14(22)12-2-4-13(16)5-3-12/h2-5,11,14,22H,6-10H2,1H3. The van der Waals surface area contributed by atoms with E-state index in [2.05, 4.69) is 0 Å². The van der Waals surface area contributed by atoms with Crippen molar-refractivity contribution in [1.29, 1.82) is 0 Å². The summed E-state index contributed by atoms with van der Waals surface area (Å²) in [5, 5.41) is 10.1. The summed E-state index contributed by atoms with van der Waals surface area (Å²) in [6.45, 7) is 3.08. The number of alkyl halides is 3. The van der Waals surface area contributed by atoms with Gasteiger partial charge in [-0.25, -0.2) is 4.39 Å². The third kappa shape index (κ3) is 4.41. The van der Waals surface area contributed by atoms with Gasteiger partial charge in [0.1, 0.15) is 11.9 Å². The monoisotopic (exact) mass is 320 g/mol. The maximum absolute atomic E-state index is 12.8. The van der Waals surface area contributed by atoms with Gasteiger partial charge in [0.25, 0.3) is 0 Å². The first kappa shape index (κ1) is 17.2. The Morgan fingerprint density at radius 3 is 2.14 bits per heavy atom. The van der Waals surface area contributed by atoms with Gasteiger partial charge in [-0.15, -0.1) is 0 Å². The van der Waals surface area contributed by atoms with Crippen LogP contribution >= 0.6 is 0 Å². The molecular weight excluding hydrogens is 300 g/mol. The van der Waals surface area contributed by atoms with Crippen LogP contribution in [0.25, 0.3) is 0 Å². The lowest BCUT2D eigenvalue weighted by atomic mass is 10.1. The Hall–Kier alpha value is -1.18. The molecule has 0 aromatic heterocycles. The van der Waals surface area contributed by atoms with Crippen molar-refractivity contribution in [1.82, 2.24) is 9.80 Å². The highest BCUT2D eigenvalue weighted by molar-refractivity contribution is 5.18. The largest absolute Gasteiger partial charge is 0.403 e. The van der Waals surface area contributed by atoms with E-state index in [4.69, 9.17) is 0 Å². The summed E-state index contributed by atoms with van der Waals surface area (Å²) in [6, 6.07) is 4.14. The number of halogens is 4. The van der Waals surface area contributed by atoms with E-state index in [-0.39, 0.29) is 5.82 Å². The van der Waals surface area contributed by atoms with Gasteiger partial charge in [-0.05, 0) is 24.6 Å². The van der Waals surface area contributed by atoms with Gasteiger partial charge >= 0.3 is 6.18 Å². The van der Waals surface area contributed by atoms with Gasteiger partial charge in [-0.3, -0.25) is 9.80 Å². The van der Waals surface area contributed by atoms with Crippen LogP contribution in [0.15, 0.2) is 24.3 Å². The Kier molecular flexibility index (Phi) is 5.41. The number of nitrogens with zero attached hydrogens (tertiary/aromatic N) is 2. The van der Waals surface area contributed by atoms with Crippen LogP contribution in [0.4, 0.5) is 17.6 Å². The molecule has 2 atom stereocenters. The Labute approximate surface area is 127 Å². The van der Waals surface area contributed by atoms with Crippen LogP contribution in [0.1, 0.15) is 18.6 Å². The van der Waals surface area contributed by atoms with Crippen molar-refractivity contribution in [3.8, 4) is 0 Å². The van der Waals surface area contributed by atoms with Gasteiger partial charge in [0.2, 0.25) is 0 Å². The molecule has 3 nitrogen and oxygen atoms in total. The van der Waals surface area contributed by atoms with Crippen LogP contribution in [0.2, 0.25) is 0 Å². The normalized spacial score (nSPS) is 20.8. The van der Waals surface area contributed by atoms with Gasteiger partial charge in [-0.2, -0.15) is 13.2 Å². The van der Waals surface area contributed by atoms with Crippen LogP contribution in [-0.4, -0.2) is 59.8 Å². The molecule has 1 fully saturated rings. The zero-order valence-electron chi connectivity index (χ0n) is 12.4. The number of hydrogen-bond acceptors (Lipinski definition) is 3. The summed E-state index contributed by atoms with van der Waals surface area (Å²) in [5.74, 6) is -0.370. The first-order valence-corrected chi connectivity index (χ1v) is 7.24. The molecule has 2 unspecified atom stereocenters. The number of rotatable bonds is 4. The summed E-state index contributed by atoms with van der Waals surface area (Å²) in [5.41, 5.74) is 0.604. The number of aliphatic hydroxyl groups excluding tert-OH is 1. The molecule has 0 saturated carbocycles. The molecular formula is C15H20F4N2O. The van der Waals surface area contributed by atoms with Crippen molar-refractivity contribution in [2.75, 3.05) is 32.7 Å². The second-order valence-electron chi connectivity index (χ2n) is 5.62. The Morgan fingerprint density at radius 2 is 1.64 bits per heavy atom. The molecule has 0 radical (unpaired) electrons. The summed E-state index contributed by atoms with van der Waals surface area (Å²) < 4.78 is 50.8. The zero-order chi connectivity index (χ0) is 16.3. The first-order chi connectivity index (χ1) is 10.3. The van der Waals surface area contributed by atoms with Gasteiger partial charge in [0, 0.05) is 32.7 Å². The minimum Gasteiger partial charge on any atom is -0.387 e. The van der Waals surface area contributed by atoms with Crippen LogP contribution in [-0.2, 0) is 0 Å². The van der Waals surface area contributed by atoms with E-state index >= 15 is 0 Å². The molecule has 0 bridgehead atoms. The predicted molar refractivity (Wildman–Crippen MR) is 74.9 cm³/mol. The SMILES string of the molecule is CC(N1CCN(CC(O)c2ccc(F)cc2)CC1)C(F)(F)F. The summed E-state index contributed by atoms with van der Waals surface area (Å²) in [6.07, 6.45) is -4.98. The molecule has 1 aliphatic heterocycles. The number of hydrogen-bond donors (Lipinski definition) is 1. The number of β-amino-alcohol motifs (C(OH)–C–C–N with tert-alkyl or cyclic N) is 1. The fourth-order valence-corrected chi connectivity index (χ4v) is 2.58. The van der Waals surface area contributed by atoms with Crippen LogP contribution in [0.3, 0.4) is 0 Å². The topological polar surface area (TPSA) is 26.7 Å². The van der Waals surface area contributed by atoms with Gasteiger partial charge in [-0.1, -0.05) is 12.1 Å². The van der Waals surface area contributed by atoms with Crippen LogP contribution in [0, 0.1) is 5.82 Å². The highest BCUT2D eigenvalue weighted by Gasteiger charge is 2.40. The van der Waals surface area contributed by atoms with Crippen molar-refractivity contribution in [2.24, 2.45) is 0 Å². The second-order valence-corrected chi connectivity index (χ2v) is 5.62. The van der Waals surface area contributed by atoms with Crippen molar-refractivity contribution >= 4 is 0 Å². The molecule has 0 spiro atoms. The lowest BCUT2D eigenvalue weighted by Crippen LogP contribution is -2.54. The molecule has 22 heavy (non-hydrogen) atoms. The van der Waals surface area contributed by atoms with E-state index in [1.807, 2.05) is 4.90 Å². The third-order valence-corrected chi connectivity index (χ3v) is 4.11. The summed E-state index contributed by atoms with van der Waals surface area (Å²) in [4.78, 5) is 3.33. The molecule has 0 amide bonds. The molecule has 1 aliphatic rings. The number of aliphatic hydroxyl groups is 1.